The van der Waals surface area contributed by atoms with Gasteiger partial charge in [-0.3, -0.25) is 0 Å². The van der Waals surface area contributed by atoms with Crippen molar-refractivity contribution >= 4 is 11.6 Å². The van der Waals surface area contributed by atoms with Crippen LogP contribution in [0.15, 0.2) is 24.3 Å². The van der Waals surface area contributed by atoms with Crippen molar-refractivity contribution in [1.82, 2.24) is 0 Å². The summed E-state index contributed by atoms with van der Waals surface area (Å²) in [4.78, 5) is 0. The van der Waals surface area contributed by atoms with Gasteiger partial charge in [-0.05, 0) is 18.6 Å². The Balaban J connectivity index is 0. The topological polar surface area (TPSA) is 0 Å². The normalized spacial score (nSPS) is 8.22. The minimum Gasteiger partial charge on any atom is -1.00 e. The van der Waals surface area contributed by atoms with Crippen LogP contribution in [0.4, 0.5) is 0 Å². The first kappa shape index (κ1) is 9.11. The monoisotopic (exact) mass is 134 g/mol. The molecule has 0 aliphatic carbocycles. The summed E-state index contributed by atoms with van der Waals surface area (Å²) in [6, 6.07) is 7.77. The van der Waals surface area contributed by atoms with Gasteiger partial charge in [0.05, 0.1) is 0 Å². The van der Waals surface area contributed by atoms with Crippen molar-refractivity contribution in [2.24, 2.45) is 0 Å². The summed E-state index contributed by atoms with van der Waals surface area (Å²) in [6.45, 7) is 1.99. The Morgan fingerprint density at radius 1 is 1.33 bits per heavy atom. The van der Waals surface area contributed by atoms with E-state index in [9.17, 15) is 0 Å². The second-order valence-electron chi connectivity index (χ2n) is 1.75. The van der Waals surface area contributed by atoms with Gasteiger partial charge in [-0.25, -0.2) is 0 Å². The summed E-state index contributed by atoms with van der Waals surface area (Å²) in [5.74, 6) is 0. The van der Waals surface area contributed by atoms with Gasteiger partial charge in [0.15, 0.2) is 0 Å². The van der Waals surface area contributed by atoms with E-state index in [0.29, 0.717) is 0 Å². The second kappa shape index (κ2) is 4.01. The number of rotatable bonds is 0. The molecule has 0 aliphatic heterocycles. The van der Waals surface area contributed by atoms with Crippen LogP contribution in [-0.4, -0.2) is 0 Å². The number of benzene rings is 1. The second-order valence-corrected chi connectivity index (χ2v) is 2.16. The van der Waals surface area contributed by atoms with Crippen LogP contribution in [0.25, 0.3) is 0 Å². The van der Waals surface area contributed by atoms with Crippen molar-refractivity contribution in [2.45, 2.75) is 6.92 Å². The summed E-state index contributed by atoms with van der Waals surface area (Å²) in [7, 11) is 0. The summed E-state index contributed by atoms with van der Waals surface area (Å²) in [6.07, 6.45) is 0. The fraction of sp³-hybridized carbons (Fsp3) is 0.143. The van der Waals surface area contributed by atoms with E-state index in [1.54, 1.807) is 0 Å². The summed E-state index contributed by atoms with van der Waals surface area (Å²) in [5.41, 5.74) is 1.13. The summed E-state index contributed by atoms with van der Waals surface area (Å²) >= 11 is 5.71. The molecule has 0 aliphatic rings. The van der Waals surface area contributed by atoms with E-state index in [4.69, 9.17) is 11.6 Å². The molecule has 9 heavy (non-hydrogen) atoms. The molecule has 1 rings (SSSR count). The SMILES string of the molecule is Cc1ccccc1Cl.[H-].[Li+]. The molecule has 0 aromatic heterocycles. The molecule has 0 N–H and O–H groups in total. The van der Waals surface area contributed by atoms with Crippen molar-refractivity contribution < 1.29 is 20.3 Å². The van der Waals surface area contributed by atoms with Crippen LogP contribution in [0.2, 0.25) is 5.02 Å². The predicted molar refractivity (Wildman–Crippen MR) is 37.3 cm³/mol. The van der Waals surface area contributed by atoms with E-state index >= 15 is 0 Å². The third-order valence-corrected chi connectivity index (χ3v) is 1.50. The number of hydrogen-bond donors (Lipinski definition) is 0. The molecule has 0 unspecified atom stereocenters. The van der Waals surface area contributed by atoms with Crippen LogP contribution in [0.1, 0.15) is 6.99 Å². The van der Waals surface area contributed by atoms with Gasteiger partial charge in [0.25, 0.3) is 0 Å². The molecule has 0 saturated heterocycles. The fourth-order valence-electron chi connectivity index (χ4n) is 0.551. The van der Waals surface area contributed by atoms with Gasteiger partial charge < -0.3 is 1.43 Å². The molecule has 0 saturated carbocycles. The van der Waals surface area contributed by atoms with Crippen LogP contribution >= 0.6 is 11.6 Å². The first-order valence-electron chi connectivity index (χ1n) is 2.52. The van der Waals surface area contributed by atoms with E-state index in [-0.39, 0.29) is 20.3 Å². The largest absolute Gasteiger partial charge is 1.00 e. The van der Waals surface area contributed by atoms with E-state index < -0.39 is 0 Å². The minimum atomic E-state index is 0. The summed E-state index contributed by atoms with van der Waals surface area (Å²) < 4.78 is 0. The van der Waals surface area contributed by atoms with Crippen molar-refractivity contribution in [2.75, 3.05) is 0 Å². The van der Waals surface area contributed by atoms with Crippen molar-refractivity contribution in [1.29, 1.82) is 0 Å². The zero-order valence-electron chi connectivity index (χ0n) is 6.69. The van der Waals surface area contributed by atoms with Crippen molar-refractivity contribution in [3.05, 3.63) is 34.9 Å². The molecule has 1 aromatic rings. The minimum absolute atomic E-state index is 0. The molecule has 1 aromatic carbocycles. The van der Waals surface area contributed by atoms with E-state index in [1.165, 1.54) is 0 Å². The van der Waals surface area contributed by atoms with E-state index in [1.807, 2.05) is 31.2 Å². The van der Waals surface area contributed by atoms with Gasteiger partial charge in [0.1, 0.15) is 0 Å². The maximum atomic E-state index is 5.71. The van der Waals surface area contributed by atoms with Crippen molar-refractivity contribution in [3.8, 4) is 0 Å². The van der Waals surface area contributed by atoms with Gasteiger partial charge >= 0.3 is 18.9 Å². The Bertz CT molecular complexity index is 170. The number of hydrogen-bond acceptors (Lipinski definition) is 0. The molecule has 0 radical (unpaired) electrons. The van der Waals surface area contributed by atoms with Gasteiger partial charge in [-0.15, -0.1) is 0 Å². The molecule has 0 bridgehead atoms. The Labute approximate surface area is 73.9 Å². The maximum absolute atomic E-state index is 5.71. The van der Waals surface area contributed by atoms with Crippen LogP contribution in [-0.2, 0) is 0 Å². The standard InChI is InChI=1S/C7H7Cl.Li.H/c1-6-4-2-3-5-7(6)8;;/h2-5H,1H3;;/q;+1;-1. The van der Waals surface area contributed by atoms with Crippen LogP contribution in [0.3, 0.4) is 0 Å². The zero-order chi connectivity index (χ0) is 5.98. The zero-order valence-corrected chi connectivity index (χ0v) is 6.44. The van der Waals surface area contributed by atoms with Gasteiger partial charge in [0, 0.05) is 5.02 Å². The average Bonchev–Trinajstić information content (AvgIpc) is 1.77. The Kier molecular flexibility index (Phi) is 4.06. The van der Waals surface area contributed by atoms with Crippen molar-refractivity contribution in [3.63, 3.8) is 0 Å². The molecule has 0 amide bonds. The third-order valence-electron chi connectivity index (χ3n) is 1.08. The molecule has 0 atom stereocenters. The van der Waals surface area contributed by atoms with E-state index in [0.717, 1.165) is 10.6 Å². The Hall–Kier alpha value is 0.107. The molecule has 44 valence electrons. The van der Waals surface area contributed by atoms with Gasteiger partial charge in [0.2, 0.25) is 0 Å². The smallest absolute Gasteiger partial charge is 1.00 e. The fourth-order valence-corrected chi connectivity index (χ4v) is 0.687. The van der Waals surface area contributed by atoms with Crippen LogP contribution in [0.5, 0.6) is 0 Å². The number of aryl methyl sites for hydroxylation is 1. The van der Waals surface area contributed by atoms with Gasteiger partial charge in [-0.2, -0.15) is 0 Å². The maximum Gasteiger partial charge on any atom is 1.00 e. The van der Waals surface area contributed by atoms with Crippen LogP contribution in [0, 0.1) is 6.92 Å². The average molecular weight is 135 g/mol. The molecule has 2 heteroatoms. The molecular formula is C7H8ClLi. The summed E-state index contributed by atoms with van der Waals surface area (Å²) in [5, 5.41) is 0.840. The predicted octanol–water partition coefficient (Wildman–Crippen LogP) is -0.235. The van der Waals surface area contributed by atoms with Gasteiger partial charge in [-0.1, -0.05) is 29.8 Å². The first-order chi connectivity index (χ1) is 3.80. The third kappa shape index (κ3) is 2.45. The molecule has 0 fully saturated rings. The molecule has 0 heterocycles. The quantitative estimate of drug-likeness (QED) is 0.430. The number of halogens is 1. The van der Waals surface area contributed by atoms with E-state index in [2.05, 4.69) is 0 Å². The molecule has 0 nitrogen and oxygen atoms in total. The Morgan fingerprint density at radius 3 is 2.22 bits per heavy atom. The Morgan fingerprint density at radius 2 is 1.89 bits per heavy atom. The first-order valence-corrected chi connectivity index (χ1v) is 2.89. The molecule has 0 spiro atoms. The van der Waals surface area contributed by atoms with Crippen LogP contribution < -0.4 is 18.9 Å². The molecular weight excluding hydrogens is 126 g/mol.